The molecule has 0 aliphatic rings. The van der Waals surface area contributed by atoms with Gasteiger partial charge in [-0.1, -0.05) is 12.1 Å². The fourth-order valence-electron chi connectivity index (χ4n) is 1.50. The van der Waals surface area contributed by atoms with E-state index in [0.29, 0.717) is 16.8 Å². The topological polar surface area (TPSA) is 72.0 Å². The first-order chi connectivity index (χ1) is 8.26. The molecule has 17 heavy (non-hydrogen) atoms. The Labute approximate surface area is 97.4 Å². The number of benzene rings is 1. The van der Waals surface area contributed by atoms with Crippen LogP contribution in [0.2, 0.25) is 0 Å². The molecule has 1 aromatic carbocycles. The minimum atomic E-state index is -0.394. The van der Waals surface area contributed by atoms with Crippen LogP contribution in [0.3, 0.4) is 0 Å². The number of aromatic nitrogens is 2. The first-order valence-corrected chi connectivity index (χ1v) is 4.94. The van der Waals surface area contributed by atoms with Crippen molar-refractivity contribution in [2.75, 3.05) is 7.11 Å². The fourth-order valence-corrected chi connectivity index (χ4v) is 1.50. The summed E-state index contributed by atoms with van der Waals surface area (Å²) in [7, 11) is 1.33. The zero-order chi connectivity index (χ0) is 12.3. The van der Waals surface area contributed by atoms with E-state index in [1.807, 2.05) is 0 Å². The molecule has 0 spiro atoms. The molecule has 0 saturated carbocycles. The fraction of sp³-hybridized carbons (Fsp3) is 0.0833. The Balaban J connectivity index is 2.36. The van der Waals surface area contributed by atoms with E-state index >= 15 is 0 Å². The first-order valence-electron chi connectivity index (χ1n) is 4.94. The molecule has 0 atom stereocenters. The second-order valence-corrected chi connectivity index (χ2v) is 3.38. The summed E-state index contributed by atoms with van der Waals surface area (Å²) in [6.45, 7) is 0. The molecular formula is C12H10N2O3. The van der Waals surface area contributed by atoms with Crippen LogP contribution in [-0.4, -0.2) is 29.6 Å². The number of carbonyl (C=O) groups is 2. The third-order valence-electron chi connectivity index (χ3n) is 2.38. The average Bonchev–Trinajstić information content (AvgIpc) is 2.86. The van der Waals surface area contributed by atoms with Crippen molar-refractivity contribution >= 4 is 12.3 Å². The number of hydrogen-bond donors (Lipinski definition) is 1. The SMILES string of the molecule is COC(=O)c1ccc(-c2n[nH]cc2C=O)cc1. The van der Waals surface area contributed by atoms with E-state index in [1.54, 1.807) is 24.3 Å². The van der Waals surface area contributed by atoms with Crippen molar-refractivity contribution in [1.29, 1.82) is 0 Å². The van der Waals surface area contributed by atoms with Gasteiger partial charge < -0.3 is 4.74 Å². The lowest BCUT2D eigenvalue weighted by Crippen LogP contribution is -2.00. The van der Waals surface area contributed by atoms with Crippen molar-refractivity contribution in [1.82, 2.24) is 10.2 Å². The number of ether oxygens (including phenoxy) is 1. The normalized spacial score (nSPS) is 9.94. The smallest absolute Gasteiger partial charge is 0.337 e. The molecular weight excluding hydrogens is 220 g/mol. The molecule has 2 aromatic rings. The molecule has 1 aromatic heterocycles. The molecule has 0 bridgehead atoms. The number of esters is 1. The van der Waals surface area contributed by atoms with Gasteiger partial charge in [0.25, 0.3) is 0 Å². The van der Waals surface area contributed by atoms with Gasteiger partial charge in [0, 0.05) is 11.8 Å². The number of aromatic amines is 1. The van der Waals surface area contributed by atoms with Gasteiger partial charge in [0.05, 0.1) is 18.2 Å². The van der Waals surface area contributed by atoms with Crippen LogP contribution in [0, 0.1) is 0 Å². The van der Waals surface area contributed by atoms with Crippen LogP contribution in [-0.2, 0) is 4.74 Å². The van der Waals surface area contributed by atoms with E-state index in [-0.39, 0.29) is 0 Å². The summed E-state index contributed by atoms with van der Waals surface area (Å²) in [6, 6.07) is 6.69. The highest BCUT2D eigenvalue weighted by Gasteiger charge is 2.09. The number of methoxy groups -OCH3 is 1. The Morgan fingerprint density at radius 2 is 2.06 bits per heavy atom. The van der Waals surface area contributed by atoms with Crippen molar-refractivity contribution < 1.29 is 14.3 Å². The lowest BCUT2D eigenvalue weighted by atomic mass is 10.1. The Kier molecular flexibility index (Phi) is 3.00. The summed E-state index contributed by atoms with van der Waals surface area (Å²) in [6.07, 6.45) is 2.25. The van der Waals surface area contributed by atoms with E-state index in [2.05, 4.69) is 14.9 Å². The summed E-state index contributed by atoms with van der Waals surface area (Å²) in [5, 5.41) is 6.60. The zero-order valence-electron chi connectivity index (χ0n) is 9.14. The van der Waals surface area contributed by atoms with Gasteiger partial charge in [-0.05, 0) is 12.1 Å². The number of nitrogens with one attached hydrogen (secondary N) is 1. The zero-order valence-corrected chi connectivity index (χ0v) is 9.14. The van der Waals surface area contributed by atoms with Gasteiger partial charge >= 0.3 is 5.97 Å². The van der Waals surface area contributed by atoms with Crippen molar-refractivity contribution in [2.24, 2.45) is 0 Å². The summed E-state index contributed by atoms with van der Waals surface area (Å²) in [4.78, 5) is 22.0. The highest BCUT2D eigenvalue weighted by atomic mass is 16.5. The monoisotopic (exact) mass is 230 g/mol. The summed E-state index contributed by atoms with van der Waals surface area (Å²) in [5.41, 5.74) is 2.27. The van der Waals surface area contributed by atoms with Gasteiger partial charge in [-0.2, -0.15) is 5.10 Å². The number of nitrogens with zero attached hydrogens (tertiary/aromatic N) is 1. The number of aldehydes is 1. The van der Waals surface area contributed by atoms with Crippen molar-refractivity contribution in [3.63, 3.8) is 0 Å². The first kappa shape index (κ1) is 11.1. The molecule has 0 unspecified atom stereocenters. The van der Waals surface area contributed by atoms with Crippen molar-refractivity contribution in [2.45, 2.75) is 0 Å². The minimum Gasteiger partial charge on any atom is -0.465 e. The molecule has 5 nitrogen and oxygen atoms in total. The third-order valence-corrected chi connectivity index (χ3v) is 2.38. The molecule has 2 rings (SSSR count). The molecule has 0 saturated heterocycles. The quantitative estimate of drug-likeness (QED) is 0.643. The maximum Gasteiger partial charge on any atom is 0.337 e. The third kappa shape index (κ3) is 2.08. The molecule has 5 heteroatoms. The summed E-state index contributed by atoms with van der Waals surface area (Å²) >= 11 is 0. The van der Waals surface area contributed by atoms with Gasteiger partial charge in [0.15, 0.2) is 6.29 Å². The largest absolute Gasteiger partial charge is 0.465 e. The van der Waals surface area contributed by atoms with Crippen LogP contribution in [0.1, 0.15) is 20.7 Å². The summed E-state index contributed by atoms with van der Waals surface area (Å²) in [5.74, 6) is -0.394. The lowest BCUT2D eigenvalue weighted by Gasteiger charge is -2.01. The second kappa shape index (κ2) is 4.61. The molecule has 0 amide bonds. The maximum absolute atomic E-state index is 11.2. The van der Waals surface area contributed by atoms with Crippen LogP contribution < -0.4 is 0 Å². The Morgan fingerprint density at radius 3 is 2.65 bits per heavy atom. The van der Waals surface area contributed by atoms with Crippen LogP contribution in [0.4, 0.5) is 0 Å². The van der Waals surface area contributed by atoms with Gasteiger partial charge in [-0.3, -0.25) is 9.89 Å². The van der Waals surface area contributed by atoms with Crippen LogP contribution in [0.5, 0.6) is 0 Å². The lowest BCUT2D eigenvalue weighted by molar-refractivity contribution is 0.0600. The number of hydrogen-bond acceptors (Lipinski definition) is 4. The maximum atomic E-state index is 11.2. The average molecular weight is 230 g/mol. The molecule has 0 fully saturated rings. The van der Waals surface area contributed by atoms with Crippen LogP contribution in [0.15, 0.2) is 30.5 Å². The number of carbonyl (C=O) groups excluding carboxylic acids is 2. The highest BCUT2D eigenvalue weighted by Crippen LogP contribution is 2.20. The van der Waals surface area contributed by atoms with E-state index in [1.165, 1.54) is 13.3 Å². The van der Waals surface area contributed by atoms with E-state index in [4.69, 9.17) is 0 Å². The Hall–Kier alpha value is -2.43. The molecule has 0 radical (unpaired) electrons. The summed E-state index contributed by atoms with van der Waals surface area (Å²) < 4.78 is 4.59. The van der Waals surface area contributed by atoms with E-state index in [9.17, 15) is 9.59 Å². The number of rotatable bonds is 3. The predicted molar refractivity (Wildman–Crippen MR) is 60.8 cm³/mol. The second-order valence-electron chi connectivity index (χ2n) is 3.38. The van der Waals surface area contributed by atoms with Crippen LogP contribution in [0.25, 0.3) is 11.3 Å². The van der Waals surface area contributed by atoms with E-state index in [0.717, 1.165) is 11.8 Å². The van der Waals surface area contributed by atoms with Gasteiger partial charge in [0.1, 0.15) is 5.69 Å². The molecule has 86 valence electrons. The molecule has 1 heterocycles. The molecule has 0 aliphatic heterocycles. The predicted octanol–water partition coefficient (Wildman–Crippen LogP) is 1.68. The molecule has 1 N–H and O–H groups in total. The molecule has 0 aliphatic carbocycles. The van der Waals surface area contributed by atoms with Crippen LogP contribution >= 0.6 is 0 Å². The number of H-pyrrole nitrogens is 1. The van der Waals surface area contributed by atoms with Crippen molar-refractivity contribution in [3.05, 3.63) is 41.6 Å². The Bertz CT molecular complexity index is 543. The minimum absolute atomic E-state index is 0.394. The van der Waals surface area contributed by atoms with Crippen molar-refractivity contribution in [3.8, 4) is 11.3 Å². The van der Waals surface area contributed by atoms with Gasteiger partial charge in [-0.15, -0.1) is 0 Å². The van der Waals surface area contributed by atoms with Gasteiger partial charge in [-0.25, -0.2) is 4.79 Å². The Morgan fingerprint density at radius 1 is 1.35 bits per heavy atom. The highest BCUT2D eigenvalue weighted by molar-refractivity contribution is 5.90. The van der Waals surface area contributed by atoms with E-state index < -0.39 is 5.97 Å². The van der Waals surface area contributed by atoms with Gasteiger partial charge in [0.2, 0.25) is 0 Å². The standard InChI is InChI=1S/C12H10N2O3/c1-17-12(16)9-4-2-8(3-5-9)11-10(7-15)6-13-14-11/h2-7H,1H3,(H,13,14).